The molecule has 26 heavy (non-hydrogen) atoms. The quantitative estimate of drug-likeness (QED) is 0.854. The van der Waals surface area contributed by atoms with Gasteiger partial charge in [-0.15, -0.1) is 0 Å². The molecule has 6 nitrogen and oxygen atoms in total. The minimum Gasteiger partial charge on any atom is -0.311 e. The van der Waals surface area contributed by atoms with E-state index in [9.17, 15) is 4.79 Å². The Labute approximate surface area is 153 Å². The Hall–Kier alpha value is -2.65. The molecule has 2 aliphatic heterocycles. The van der Waals surface area contributed by atoms with E-state index in [4.69, 9.17) is 5.26 Å². The number of nitriles is 1. The largest absolute Gasteiger partial charge is 0.311 e. The molecule has 1 amide bonds. The van der Waals surface area contributed by atoms with Crippen LogP contribution in [-0.4, -0.2) is 46.3 Å². The van der Waals surface area contributed by atoms with Crippen LogP contribution in [0.2, 0.25) is 0 Å². The summed E-state index contributed by atoms with van der Waals surface area (Å²) in [5, 5.41) is 13.3. The van der Waals surface area contributed by atoms with Crippen molar-refractivity contribution < 1.29 is 4.79 Å². The van der Waals surface area contributed by atoms with Crippen LogP contribution in [0.3, 0.4) is 0 Å². The van der Waals surface area contributed by atoms with Gasteiger partial charge >= 0.3 is 0 Å². The summed E-state index contributed by atoms with van der Waals surface area (Å²) in [5.41, 5.74) is 1.51. The van der Waals surface area contributed by atoms with Gasteiger partial charge in [-0.05, 0) is 62.6 Å². The van der Waals surface area contributed by atoms with E-state index in [-0.39, 0.29) is 11.9 Å². The predicted octanol–water partition coefficient (Wildman–Crippen LogP) is 2.59. The molecular weight excluding hydrogens is 326 g/mol. The van der Waals surface area contributed by atoms with Crippen molar-refractivity contribution in [3.05, 3.63) is 48.3 Å². The first-order valence-electron chi connectivity index (χ1n) is 9.31. The highest BCUT2D eigenvalue weighted by molar-refractivity contribution is 5.98. The van der Waals surface area contributed by atoms with E-state index < -0.39 is 0 Å². The van der Waals surface area contributed by atoms with Crippen LogP contribution in [-0.2, 0) is 4.79 Å². The van der Waals surface area contributed by atoms with Crippen molar-refractivity contribution in [1.29, 1.82) is 5.26 Å². The summed E-state index contributed by atoms with van der Waals surface area (Å²) in [6, 6.07) is 11.7. The molecule has 2 aromatic rings. The SMILES string of the molecule is N#Cc1ccc(N2CCC[C@@H](N3CCC[C@@H](n4cccn4)C3)C2=O)cc1. The topological polar surface area (TPSA) is 65.2 Å². The standard InChI is InChI=1S/C20H23N5O/c21-14-16-6-8-17(9-7-16)24-12-2-5-19(20(24)26)23-11-1-4-18(15-23)25-13-3-10-22-25/h3,6-10,13,18-19H,1-2,4-5,11-12,15H2/t18-,19-/m1/s1. The lowest BCUT2D eigenvalue weighted by Gasteiger charge is -2.42. The first-order valence-corrected chi connectivity index (χ1v) is 9.31. The summed E-state index contributed by atoms with van der Waals surface area (Å²) >= 11 is 0. The van der Waals surface area contributed by atoms with Crippen LogP contribution in [0.15, 0.2) is 42.7 Å². The van der Waals surface area contributed by atoms with Crippen molar-refractivity contribution >= 4 is 11.6 Å². The van der Waals surface area contributed by atoms with Gasteiger partial charge in [-0.2, -0.15) is 10.4 Å². The molecule has 0 unspecified atom stereocenters. The zero-order valence-electron chi connectivity index (χ0n) is 14.8. The molecule has 0 spiro atoms. The lowest BCUT2D eigenvalue weighted by Crippen LogP contribution is -2.55. The zero-order valence-corrected chi connectivity index (χ0v) is 14.8. The van der Waals surface area contributed by atoms with Gasteiger partial charge in [0.15, 0.2) is 0 Å². The van der Waals surface area contributed by atoms with E-state index in [0.717, 1.165) is 51.0 Å². The number of piperidine rings is 2. The highest BCUT2D eigenvalue weighted by Gasteiger charge is 2.36. The normalized spacial score (nSPS) is 24.4. The number of carbonyl (C=O) groups excluding carboxylic acids is 1. The van der Waals surface area contributed by atoms with Crippen LogP contribution in [0, 0.1) is 11.3 Å². The molecule has 2 saturated heterocycles. The highest BCUT2D eigenvalue weighted by Crippen LogP contribution is 2.28. The number of benzene rings is 1. The number of carbonyl (C=O) groups is 1. The number of aromatic nitrogens is 2. The van der Waals surface area contributed by atoms with Gasteiger partial charge in [-0.25, -0.2) is 0 Å². The van der Waals surface area contributed by atoms with Crippen molar-refractivity contribution in [1.82, 2.24) is 14.7 Å². The van der Waals surface area contributed by atoms with Gasteiger partial charge in [0.05, 0.1) is 23.7 Å². The van der Waals surface area contributed by atoms with E-state index in [2.05, 4.69) is 16.1 Å². The maximum absolute atomic E-state index is 13.2. The minimum absolute atomic E-state index is 0.0576. The first-order chi connectivity index (χ1) is 12.8. The second-order valence-corrected chi connectivity index (χ2v) is 7.08. The average molecular weight is 349 g/mol. The number of anilines is 1. The third-order valence-electron chi connectivity index (χ3n) is 5.49. The fourth-order valence-electron chi connectivity index (χ4n) is 4.15. The Balaban J connectivity index is 1.49. The molecule has 2 fully saturated rings. The van der Waals surface area contributed by atoms with Gasteiger partial charge < -0.3 is 4.90 Å². The summed E-state index contributed by atoms with van der Waals surface area (Å²) < 4.78 is 2.03. The third kappa shape index (κ3) is 3.23. The summed E-state index contributed by atoms with van der Waals surface area (Å²) in [6.07, 6.45) is 7.94. The molecule has 1 aromatic carbocycles. The molecule has 0 aliphatic carbocycles. The smallest absolute Gasteiger partial charge is 0.244 e. The Morgan fingerprint density at radius 3 is 2.65 bits per heavy atom. The number of amides is 1. The van der Waals surface area contributed by atoms with E-state index in [1.165, 1.54) is 0 Å². The Bertz CT molecular complexity index is 793. The molecule has 4 rings (SSSR count). The fourth-order valence-corrected chi connectivity index (χ4v) is 4.15. The molecule has 0 N–H and O–H groups in total. The molecule has 3 heterocycles. The van der Waals surface area contributed by atoms with Gasteiger partial charge in [0.25, 0.3) is 0 Å². The maximum atomic E-state index is 13.2. The highest BCUT2D eigenvalue weighted by atomic mass is 16.2. The molecule has 0 saturated carbocycles. The molecular formula is C20H23N5O. The molecule has 2 atom stereocenters. The molecule has 134 valence electrons. The molecule has 0 bridgehead atoms. The van der Waals surface area contributed by atoms with Gasteiger partial charge in [-0.1, -0.05) is 0 Å². The molecule has 0 radical (unpaired) electrons. The van der Waals surface area contributed by atoms with E-state index in [0.29, 0.717) is 11.6 Å². The summed E-state index contributed by atoms with van der Waals surface area (Å²) in [7, 11) is 0. The Morgan fingerprint density at radius 1 is 1.12 bits per heavy atom. The lowest BCUT2D eigenvalue weighted by atomic mass is 9.97. The zero-order chi connectivity index (χ0) is 17.9. The van der Waals surface area contributed by atoms with Gasteiger partial charge in [0, 0.05) is 31.2 Å². The van der Waals surface area contributed by atoms with Crippen molar-refractivity contribution in [2.24, 2.45) is 0 Å². The Kier molecular flexibility index (Phi) is 4.72. The average Bonchev–Trinajstić information content (AvgIpc) is 3.23. The molecule has 6 heteroatoms. The van der Waals surface area contributed by atoms with Gasteiger partial charge in [-0.3, -0.25) is 14.4 Å². The summed E-state index contributed by atoms with van der Waals surface area (Å²) in [6.45, 7) is 2.59. The summed E-state index contributed by atoms with van der Waals surface area (Å²) in [5.74, 6) is 0.182. The first kappa shape index (κ1) is 16.8. The van der Waals surface area contributed by atoms with Crippen LogP contribution < -0.4 is 4.90 Å². The lowest BCUT2D eigenvalue weighted by molar-refractivity contribution is -0.126. The van der Waals surface area contributed by atoms with E-state index in [1.54, 1.807) is 12.1 Å². The molecule has 1 aromatic heterocycles. The van der Waals surface area contributed by atoms with Gasteiger partial charge in [0.2, 0.25) is 5.91 Å². The van der Waals surface area contributed by atoms with Crippen LogP contribution in [0.5, 0.6) is 0 Å². The number of nitrogens with zero attached hydrogens (tertiary/aromatic N) is 5. The van der Waals surface area contributed by atoms with Crippen LogP contribution >= 0.6 is 0 Å². The van der Waals surface area contributed by atoms with E-state index in [1.807, 2.05) is 40.2 Å². The van der Waals surface area contributed by atoms with Crippen molar-refractivity contribution in [2.75, 3.05) is 24.5 Å². The number of hydrogen-bond acceptors (Lipinski definition) is 4. The second-order valence-electron chi connectivity index (χ2n) is 7.08. The predicted molar refractivity (Wildman–Crippen MR) is 98.6 cm³/mol. The fraction of sp³-hybridized carbons (Fsp3) is 0.450. The third-order valence-corrected chi connectivity index (χ3v) is 5.49. The molecule has 2 aliphatic rings. The van der Waals surface area contributed by atoms with Crippen LogP contribution in [0.25, 0.3) is 0 Å². The van der Waals surface area contributed by atoms with Crippen LogP contribution in [0.4, 0.5) is 5.69 Å². The maximum Gasteiger partial charge on any atom is 0.244 e. The van der Waals surface area contributed by atoms with Crippen LogP contribution in [0.1, 0.15) is 37.3 Å². The van der Waals surface area contributed by atoms with E-state index >= 15 is 0 Å². The summed E-state index contributed by atoms with van der Waals surface area (Å²) in [4.78, 5) is 17.4. The van der Waals surface area contributed by atoms with Gasteiger partial charge in [0.1, 0.15) is 0 Å². The number of rotatable bonds is 3. The van der Waals surface area contributed by atoms with Crippen molar-refractivity contribution in [3.8, 4) is 6.07 Å². The van der Waals surface area contributed by atoms with Crippen molar-refractivity contribution in [3.63, 3.8) is 0 Å². The minimum atomic E-state index is -0.0576. The Morgan fingerprint density at radius 2 is 1.92 bits per heavy atom. The van der Waals surface area contributed by atoms with Crippen molar-refractivity contribution in [2.45, 2.75) is 37.8 Å². The monoisotopic (exact) mass is 349 g/mol. The number of likely N-dealkylation sites (tertiary alicyclic amines) is 1. The number of hydrogen-bond donors (Lipinski definition) is 0. The second kappa shape index (κ2) is 7.30.